The summed E-state index contributed by atoms with van der Waals surface area (Å²) in [5.41, 5.74) is 6.46. The molecule has 0 bridgehead atoms. The summed E-state index contributed by atoms with van der Waals surface area (Å²) >= 11 is 1.23. The van der Waals surface area contributed by atoms with Gasteiger partial charge in [-0.2, -0.15) is 15.4 Å². The highest BCUT2D eigenvalue weighted by atomic mass is 32.2. The predicted molar refractivity (Wildman–Crippen MR) is 151 cm³/mol. The van der Waals surface area contributed by atoms with Crippen molar-refractivity contribution in [3.05, 3.63) is 71.3 Å². The van der Waals surface area contributed by atoms with Crippen LogP contribution in [0, 0.1) is 23.1 Å². The zero-order chi connectivity index (χ0) is 28.3. The number of urea groups is 1. The third-order valence-corrected chi connectivity index (χ3v) is 7.73. The van der Waals surface area contributed by atoms with Crippen molar-refractivity contribution in [2.24, 2.45) is 15.8 Å². The lowest BCUT2D eigenvalue weighted by atomic mass is 10.0. The van der Waals surface area contributed by atoms with E-state index < -0.39 is 16.5 Å². The van der Waals surface area contributed by atoms with Gasteiger partial charge in [0.25, 0.3) is 0 Å². The van der Waals surface area contributed by atoms with Crippen LogP contribution in [0.25, 0.3) is 0 Å². The topological polar surface area (TPSA) is 122 Å². The molecule has 0 saturated heterocycles. The summed E-state index contributed by atoms with van der Waals surface area (Å²) < 4.78 is 29.1. The van der Waals surface area contributed by atoms with Crippen molar-refractivity contribution in [3.63, 3.8) is 0 Å². The molecule has 0 aliphatic carbocycles. The highest BCUT2D eigenvalue weighted by Crippen LogP contribution is 2.51. The maximum Gasteiger partial charge on any atom is 0.342 e. The summed E-state index contributed by atoms with van der Waals surface area (Å²) in [6.07, 6.45) is 4.31. The fourth-order valence-corrected chi connectivity index (χ4v) is 5.70. The average molecular weight is 557 g/mol. The molecule has 2 aromatic rings. The first-order valence-corrected chi connectivity index (χ1v) is 13.6. The second-order valence-corrected chi connectivity index (χ2v) is 10.1. The number of hydrogen-bond acceptors (Lipinski definition) is 6. The first kappa shape index (κ1) is 29.9. The van der Waals surface area contributed by atoms with Gasteiger partial charge in [-0.25, -0.2) is 13.6 Å². The number of amides is 2. The molecular formula is C27H34F2N8OS. The Bertz CT molecular complexity index is 1220. The molecule has 12 heteroatoms. The number of aliphatic imine (C=N–C) groups is 1. The standard InChI is InChI=1S/C27H34F2N8OS/c1-3-36(17-8-7-15-30)26(38)37-27(20-10-5-4-6-11-20,14-9-16-33-25(32-2)34-19-31)39-24(35-37)22-18-21(28)12-13-23(22)29/h4-6,10-13,18H,3,7-9,14-17,30H2,1-2H3,(H2,32,33,34). The first-order chi connectivity index (χ1) is 18.9. The molecule has 208 valence electrons. The van der Waals surface area contributed by atoms with Crippen molar-refractivity contribution in [3.8, 4) is 6.19 Å². The minimum absolute atomic E-state index is 0.00136. The predicted octanol–water partition coefficient (Wildman–Crippen LogP) is 4.14. The van der Waals surface area contributed by atoms with Gasteiger partial charge in [0.05, 0.1) is 0 Å². The Hall–Kier alpha value is -3.69. The molecule has 1 unspecified atom stereocenters. The maximum atomic E-state index is 14.9. The number of nitrogens with two attached hydrogens (primary N) is 1. The van der Waals surface area contributed by atoms with Crippen LogP contribution in [-0.2, 0) is 4.87 Å². The zero-order valence-electron chi connectivity index (χ0n) is 22.2. The van der Waals surface area contributed by atoms with Crippen LogP contribution in [-0.4, -0.2) is 60.2 Å². The lowest BCUT2D eigenvalue weighted by Gasteiger charge is -2.38. The number of carbonyl (C=O) groups excluding carboxylic acids is 1. The van der Waals surface area contributed by atoms with Crippen LogP contribution in [0.15, 0.2) is 58.6 Å². The van der Waals surface area contributed by atoms with Gasteiger partial charge in [-0.05, 0) is 62.9 Å². The number of benzene rings is 2. The van der Waals surface area contributed by atoms with Crippen molar-refractivity contribution in [1.82, 2.24) is 20.5 Å². The smallest absolute Gasteiger partial charge is 0.342 e. The Labute approximate surface area is 232 Å². The van der Waals surface area contributed by atoms with Gasteiger partial charge >= 0.3 is 6.03 Å². The Morgan fingerprint density at radius 3 is 2.67 bits per heavy atom. The van der Waals surface area contributed by atoms with E-state index in [4.69, 9.17) is 11.0 Å². The molecule has 0 radical (unpaired) electrons. The molecular weight excluding hydrogens is 522 g/mol. The Morgan fingerprint density at radius 1 is 1.23 bits per heavy atom. The van der Waals surface area contributed by atoms with Crippen LogP contribution >= 0.6 is 11.8 Å². The molecule has 1 atom stereocenters. The number of nitriles is 1. The van der Waals surface area contributed by atoms with Gasteiger partial charge in [0, 0.05) is 32.2 Å². The van der Waals surface area contributed by atoms with E-state index in [0.29, 0.717) is 45.0 Å². The van der Waals surface area contributed by atoms with E-state index in [1.54, 1.807) is 11.9 Å². The molecule has 0 spiro atoms. The van der Waals surface area contributed by atoms with E-state index in [-0.39, 0.29) is 16.6 Å². The molecule has 4 N–H and O–H groups in total. The number of nitrogens with one attached hydrogen (secondary N) is 2. The Morgan fingerprint density at radius 2 is 2.00 bits per heavy atom. The second-order valence-electron chi connectivity index (χ2n) is 8.79. The van der Waals surface area contributed by atoms with Gasteiger partial charge in [0.2, 0.25) is 5.96 Å². The lowest BCUT2D eigenvalue weighted by Crippen LogP contribution is -2.49. The monoisotopic (exact) mass is 556 g/mol. The molecule has 9 nitrogen and oxygen atoms in total. The van der Waals surface area contributed by atoms with E-state index in [9.17, 15) is 13.6 Å². The van der Waals surface area contributed by atoms with Crippen LogP contribution in [0.1, 0.15) is 43.7 Å². The molecule has 1 aliphatic heterocycles. The van der Waals surface area contributed by atoms with Crippen LogP contribution < -0.4 is 16.4 Å². The van der Waals surface area contributed by atoms with E-state index in [1.807, 2.05) is 43.4 Å². The summed E-state index contributed by atoms with van der Waals surface area (Å²) in [5.74, 6) is -0.890. The van der Waals surface area contributed by atoms with Gasteiger partial charge < -0.3 is 16.0 Å². The number of guanidine groups is 1. The van der Waals surface area contributed by atoms with Crippen molar-refractivity contribution >= 4 is 28.8 Å². The van der Waals surface area contributed by atoms with E-state index in [1.165, 1.54) is 16.8 Å². The van der Waals surface area contributed by atoms with Gasteiger partial charge in [0.15, 0.2) is 6.19 Å². The number of unbranched alkanes of at least 4 members (excludes halogenated alkanes) is 1. The quantitative estimate of drug-likeness (QED) is 0.126. The summed E-state index contributed by atoms with van der Waals surface area (Å²) in [4.78, 5) is 18.7. The normalized spacial score (nSPS) is 17.0. The molecule has 39 heavy (non-hydrogen) atoms. The molecule has 0 saturated carbocycles. The molecule has 2 amide bonds. The van der Waals surface area contributed by atoms with Crippen LogP contribution in [0.3, 0.4) is 0 Å². The second kappa shape index (κ2) is 14.5. The fraction of sp³-hybridized carbons (Fsp3) is 0.407. The van der Waals surface area contributed by atoms with Crippen molar-refractivity contribution in [1.29, 1.82) is 5.26 Å². The number of hydrogen-bond donors (Lipinski definition) is 3. The van der Waals surface area contributed by atoms with Crippen molar-refractivity contribution < 1.29 is 13.6 Å². The average Bonchev–Trinajstić information content (AvgIpc) is 3.34. The first-order valence-electron chi connectivity index (χ1n) is 12.8. The maximum absolute atomic E-state index is 14.9. The SMILES string of the molecule is CCN(CCCCN)C(=O)N1N=C(c2cc(F)ccc2F)SC1(CCCNC(=NC)NC#N)c1ccccc1. The van der Waals surface area contributed by atoms with Crippen LogP contribution in [0.5, 0.6) is 0 Å². The minimum Gasteiger partial charge on any atom is -0.356 e. The molecule has 3 rings (SSSR count). The van der Waals surface area contributed by atoms with E-state index >= 15 is 0 Å². The van der Waals surface area contributed by atoms with Gasteiger partial charge in [-0.1, -0.05) is 42.1 Å². The summed E-state index contributed by atoms with van der Waals surface area (Å²) in [6.45, 7) is 3.80. The van der Waals surface area contributed by atoms with Crippen molar-refractivity contribution in [2.75, 3.05) is 33.2 Å². The van der Waals surface area contributed by atoms with Gasteiger partial charge in [-0.3, -0.25) is 10.3 Å². The number of carbonyl (C=O) groups is 1. The fourth-order valence-electron chi connectivity index (χ4n) is 4.28. The third-order valence-electron chi connectivity index (χ3n) is 6.28. The molecule has 1 heterocycles. The summed E-state index contributed by atoms with van der Waals surface area (Å²) in [5, 5.41) is 20.7. The van der Waals surface area contributed by atoms with Gasteiger partial charge in [0.1, 0.15) is 21.5 Å². The molecule has 2 aromatic carbocycles. The van der Waals surface area contributed by atoms with E-state index in [2.05, 4.69) is 20.7 Å². The number of halogens is 2. The Balaban J connectivity index is 2.03. The van der Waals surface area contributed by atoms with Crippen LogP contribution in [0.2, 0.25) is 0 Å². The zero-order valence-corrected chi connectivity index (χ0v) is 23.0. The Kier molecular flexibility index (Phi) is 11.1. The number of hydrazone groups is 1. The summed E-state index contributed by atoms with van der Waals surface area (Å²) in [6, 6.07) is 12.3. The number of nitrogens with zero attached hydrogens (tertiary/aromatic N) is 5. The minimum atomic E-state index is -1.03. The summed E-state index contributed by atoms with van der Waals surface area (Å²) in [7, 11) is 1.56. The number of rotatable bonds is 11. The highest BCUT2D eigenvalue weighted by molar-refractivity contribution is 8.15. The highest BCUT2D eigenvalue weighted by Gasteiger charge is 2.49. The lowest BCUT2D eigenvalue weighted by molar-refractivity contribution is 0.124. The molecule has 0 aromatic heterocycles. The van der Waals surface area contributed by atoms with Crippen LogP contribution in [0.4, 0.5) is 13.6 Å². The van der Waals surface area contributed by atoms with Gasteiger partial charge in [-0.15, -0.1) is 0 Å². The number of thioether (sulfide) groups is 1. The molecule has 1 aliphatic rings. The van der Waals surface area contributed by atoms with E-state index in [0.717, 1.165) is 36.6 Å². The van der Waals surface area contributed by atoms with Crippen molar-refractivity contribution in [2.45, 2.75) is 37.5 Å². The largest absolute Gasteiger partial charge is 0.356 e. The molecule has 0 fully saturated rings. The third kappa shape index (κ3) is 7.25.